The van der Waals surface area contributed by atoms with E-state index < -0.39 is 10.0 Å². The molecule has 0 radical (unpaired) electrons. The van der Waals surface area contributed by atoms with Crippen LogP contribution >= 0.6 is 41.9 Å². The summed E-state index contributed by atoms with van der Waals surface area (Å²) in [5, 5.41) is 0. The predicted molar refractivity (Wildman–Crippen MR) is 104 cm³/mol. The van der Waals surface area contributed by atoms with E-state index >= 15 is 0 Å². The van der Waals surface area contributed by atoms with Crippen LogP contribution in [0.1, 0.15) is 11.1 Å². The van der Waals surface area contributed by atoms with Crippen LogP contribution in [0.4, 0.5) is 0 Å². The fourth-order valence-corrected chi connectivity index (χ4v) is 6.61. The lowest BCUT2D eigenvalue weighted by atomic mass is 9.95. The van der Waals surface area contributed by atoms with Crippen LogP contribution in [0.3, 0.4) is 0 Å². The molecule has 2 aromatic rings. The lowest BCUT2D eigenvalue weighted by Gasteiger charge is -2.27. The monoisotopic (exact) mass is 422 g/mol. The van der Waals surface area contributed by atoms with E-state index in [1.54, 1.807) is 0 Å². The lowest BCUT2D eigenvalue weighted by Crippen LogP contribution is -1.89. The Morgan fingerprint density at radius 1 is 0.619 bits per heavy atom. The van der Waals surface area contributed by atoms with Gasteiger partial charge in [0.1, 0.15) is 0 Å². The van der Waals surface area contributed by atoms with Gasteiger partial charge < -0.3 is 0 Å². The van der Waals surface area contributed by atoms with E-state index in [0.29, 0.717) is 0 Å². The predicted octanol–water partition coefficient (Wildman–Crippen LogP) is 6.59. The number of hydrogen-bond acceptors (Lipinski definition) is 0. The molecule has 0 atom stereocenters. The van der Waals surface area contributed by atoms with Crippen molar-refractivity contribution in [1.29, 1.82) is 0 Å². The summed E-state index contributed by atoms with van der Waals surface area (Å²) >= 11 is 7.77. The molecule has 0 saturated carbocycles. The molecule has 1 heterocycles. The molecular weight excluding hydrogens is 408 g/mol. The fraction of sp³-hybridized carbons (Fsp3) is 0.111. The first-order valence-electron chi connectivity index (χ1n) is 6.67. The van der Waals surface area contributed by atoms with Gasteiger partial charge in [0.2, 0.25) is 0 Å². The van der Waals surface area contributed by atoms with Crippen molar-refractivity contribution in [2.75, 3.05) is 12.5 Å². The van der Waals surface area contributed by atoms with Crippen LogP contribution in [0.2, 0.25) is 0 Å². The van der Waals surface area contributed by atoms with Gasteiger partial charge in [-0.1, -0.05) is 60.7 Å². The van der Waals surface area contributed by atoms with Crippen LogP contribution in [-0.2, 0) is 0 Å². The first-order chi connectivity index (χ1) is 10.0. The smallest absolute Gasteiger partial charge is 0.0458 e. The molecule has 2 aromatic carbocycles. The molecular formula is C18H16Br2S. The molecule has 0 unspecified atom stereocenters. The third-order valence-electron chi connectivity index (χ3n) is 3.66. The van der Waals surface area contributed by atoms with Gasteiger partial charge in [-0.15, -0.1) is 0 Å². The Bertz CT molecular complexity index is 665. The summed E-state index contributed by atoms with van der Waals surface area (Å²) in [5.74, 6) is 0. The minimum absolute atomic E-state index is 1.01. The van der Waals surface area contributed by atoms with Gasteiger partial charge in [0, 0.05) is 18.8 Å². The van der Waals surface area contributed by atoms with Crippen LogP contribution < -0.4 is 0 Å². The van der Waals surface area contributed by atoms with Crippen LogP contribution in [0.5, 0.6) is 0 Å². The molecule has 21 heavy (non-hydrogen) atoms. The summed E-state index contributed by atoms with van der Waals surface area (Å²) in [4.78, 5) is 0. The maximum Gasteiger partial charge on any atom is 0.0458 e. The van der Waals surface area contributed by atoms with Gasteiger partial charge in [0.05, 0.1) is 0 Å². The van der Waals surface area contributed by atoms with Crippen molar-refractivity contribution in [2.24, 2.45) is 0 Å². The number of allylic oxidation sites excluding steroid dienone is 2. The second-order valence-electron chi connectivity index (χ2n) is 5.36. The van der Waals surface area contributed by atoms with Crippen LogP contribution in [0.15, 0.2) is 68.3 Å². The lowest BCUT2D eigenvalue weighted by molar-refractivity contribution is 1.59. The average molecular weight is 424 g/mol. The van der Waals surface area contributed by atoms with Gasteiger partial charge in [-0.2, -0.15) is 10.0 Å². The van der Waals surface area contributed by atoms with E-state index in [4.69, 9.17) is 0 Å². The highest BCUT2D eigenvalue weighted by Crippen LogP contribution is 2.71. The number of benzene rings is 2. The third kappa shape index (κ3) is 2.56. The molecule has 108 valence electrons. The normalized spacial score (nSPS) is 19.0. The maximum absolute atomic E-state index is 3.89. The summed E-state index contributed by atoms with van der Waals surface area (Å²) in [6.45, 7) is 0. The Morgan fingerprint density at radius 3 is 1.29 bits per heavy atom. The molecule has 0 nitrogen and oxygen atoms in total. The second kappa shape index (κ2) is 5.79. The van der Waals surface area contributed by atoms with Crippen molar-refractivity contribution < 1.29 is 0 Å². The van der Waals surface area contributed by atoms with Crippen molar-refractivity contribution in [3.8, 4) is 0 Å². The summed E-state index contributed by atoms with van der Waals surface area (Å²) < 4.78 is 2.62. The Balaban J connectivity index is 2.27. The number of rotatable bonds is 2. The van der Waals surface area contributed by atoms with E-state index in [-0.39, 0.29) is 0 Å². The highest BCUT2D eigenvalue weighted by Gasteiger charge is 2.35. The van der Waals surface area contributed by atoms with Crippen LogP contribution in [0.25, 0.3) is 11.1 Å². The third-order valence-corrected chi connectivity index (χ3v) is 11.5. The molecule has 0 aromatic heterocycles. The molecule has 3 rings (SSSR count). The Labute approximate surface area is 144 Å². The zero-order valence-electron chi connectivity index (χ0n) is 11.9. The average Bonchev–Trinajstić information content (AvgIpc) is 2.69. The molecule has 0 N–H and O–H groups in total. The first kappa shape index (κ1) is 15.1. The Hall–Kier alpha value is -0.770. The van der Waals surface area contributed by atoms with Gasteiger partial charge >= 0.3 is 0 Å². The Morgan fingerprint density at radius 2 is 0.952 bits per heavy atom. The van der Waals surface area contributed by atoms with Gasteiger partial charge in [0.25, 0.3) is 0 Å². The van der Waals surface area contributed by atoms with Gasteiger partial charge in [0.15, 0.2) is 0 Å². The van der Waals surface area contributed by atoms with Crippen molar-refractivity contribution in [3.05, 3.63) is 79.4 Å². The van der Waals surface area contributed by atoms with E-state index in [1.807, 2.05) is 0 Å². The zero-order chi connectivity index (χ0) is 15.0. The molecule has 3 heteroatoms. The maximum atomic E-state index is 3.89. The van der Waals surface area contributed by atoms with Crippen LogP contribution in [0, 0.1) is 0 Å². The quantitative estimate of drug-likeness (QED) is 0.510. The summed E-state index contributed by atoms with van der Waals surface area (Å²) in [7, 11) is -1.01. The van der Waals surface area contributed by atoms with E-state index in [1.165, 1.54) is 29.9 Å². The van der Waals surface area contributed by atoms with Crippen molar-refractivity contribution >= 4 is 53.0 Å². The minimum atomic E-state index is -1.01. The molecule has 0 amide bonds. The van der Waals surface area contributed by atoms with Gasteiger partial charge in [-0.05, 0) is 55.5 Å². The van der Waals surface area contributed by atoms with Gasteiger partial charge in [-0.3, -0.25) is 0 Å². The minimum Gasteiger partial charge on any atom is -0.180 e. The molecule has 0 saturated heterocycles. The second-order valence-corrected chi connectivity index (χ2v) is 11.5. The molecule has 0 spiro atoms. The summed E-state index contributed by atoms with van der Waals surface area (Å²) in [6, 6.07) is 21.2. The molecule has 0 aliphatic carbocycles. The molecule has 0 fully saturated rings. The fourth-order valence-electron chi connectivity index (χ4n) is 2.51. The van der Waals surface area contributed by atoms with Crippen molar-refractivity contribution in [3.63, 3.8) is 0 Å². The molecule has 1 aliphatic rings. The topological polar surface area (TPSA) is 0 Å². The number of halogens is 2. The van der Waals surface area contributed by atoms with E-state index in [0.717, 1.165) is 0 Å². The van der Waals surface area contributed by atoms with Crippen molar-refractivity contribution in [1.82, 2.24) is 0 Å². The molecule has 1 aliphatic heterocycles. The van der Waals surface area contributed by atoms with Crippen molar-refractivity contribution in [2.45, 2.75) is 0 Å². The SMILES string of the molecule is CS1(C)C(Br)=C(c2ccccc2)C(c2ccccc2)=C1Br. The van der Waals surface area contributed by atoms with Gasteiger partial charge in [-0.25, -0.2) is 0 Å². The highest BCUT2D eigenvalue weighted by molar-refractivity contribution is 9.18. The highest BCUT2D eigenvalue weighted by atomic mass is 79.9. The number of hydrogen-bond donors (Lipinski definition) is 0. The van der Waals surface area contributed by atoms with Crippen LogP contribution in [-0.4, -0.2) is 12.5 Å². The standard InChI is InChI=1S/C18H16Br2S/c1-21(2)17(19)15(13-9-5-3-6-10-13)16(18(21)20)14-11-7-4-8-12-14/h3-12H,1-2H3. The zero-order valence-corrected chi connectivity index (χ0v) is 15.9. The first-order valence-corrected chi connectivity index (χ1v) is 10.7. The Kier molecular flexibility index (Phi) is 4.17. The molecule has 0 bridgehead atoms. The summed E-state index contributed by atoms with van der Waals surface area (Å²) in [6.07, 6.45) is 4.64. The van der Waals surface area contributed by atoms with E-state index in [9.17, 15) is 0 Å². The summed E-state index contributed by atoms with van der Waals surface area (Å²) in [5.41, 5.74) is 5.15. The largest absolute Gasteiger partial charge is 0.180 e. The van der Waals surface area contributed by atoms with E-state index in [2.05, 4.69) is 105 Å².